The minimum absolute atomic E-state index is 0.00658. The van der Waals surface area contributed by atoms with Crippen LogP contribution in [0.2, 0.25) is 0 Å². The second-order valence-corrected chi connectivity index (χ2v) is 6.71. The van der Waals surface area contributed by atoms with Crippen molar-refractivity contribution in [2.45, 2.75) is 39.8 Å². The number of hydrogen-bond donors (Lipinski definition) is 1. The number of benzene rings is 2. The summed E-state index contributed by atoms with van der Waals surface area (Å²) in [6, 6.07) is 14.9. The first-order valence-corrected chi connectivity index (χ1v) is 9.33. The van der Waals surface area contributed by atoms with Gasteiger partial charge in [0.15, 0.2) is 0 Å². The first kappa shape index (κ1) is 21.3. The zero-order valence-corrected chi connectivity index (χ0v) is 16.9. The van der Waals surface area contributed by atoms with Gasteiger partial charge in [-0.1, -0.05) is 30.3 Å². The van der Waals surface area contributed by atoms with E-state index in [1.54, 1.807) is 18.1 Å². The van der Waals surface area contributed by atoms with Gasteiger partial charge in [0.25, 0.3) is 0 Å². The van der Waals surface area contributed by atoms with Gasteiger partial charge in [-0.15, -0.1) is 0 Å². The molecule has 0 saturated heterocycles. The molecule has 2 aromatic rings. The summed E-state index contributed by atoms with van der Waals surface area (Å²) >= 11 is 0. The lowest BCUT2D eigenvalue weighted by molar-refractivity contribution is -0.129. The van der Waals surface area contributed by atoms with Crippen molar-refractivity contribution in [2.24, 2.45) is 0 Å². The largest absolute Gasteiger partial charge is 0.496 e. The monoisotopic (exact) mass is 384 g/mol. The molecule has 0 spiro atoms. The zero-order chi connectivity index (χ0) is 20.5. The Balaban J connectivity index is 1.99. The van der Waals surface area contributed by atoms with E-state index in [9.17, 15) is 9.59 Å². The highest BCUT2D eigenvalue weighted by molar-refractivity contribution is 5.92. The van der Waals surface area contributed by atoms with Crippen LogP contribution in [0.5, 0.6) is 11.5 Å². The average molecular weight is 384 g/mol. The highest BCUT2D eigenvalue weighted by Crippen LogP contribution is 2.25. The Morgan fingerprint density at radius 2 is 1.68 bits per heavy atom. The van der Waals surface area contributed by atoms with E-state index < -0.39 is 0 Å². The predicted octanol–water partition coefficient (Wildman–Crippen LogP) is 3.86. The third-order valence-electron chi connectivity index (χ3n) is 4.13. The summed E-state index contributed by atoms with van der Waals surface area (Å²) in [7, 11) is 1.60. The number of carbonyl (C=O) groups excluding carboxylic acids is 2. The average Bonchev–Trinajstić information content (AvgIpc) is 2.66. The Kier molecular flexibility index (Phi) is 7.87. The number of ether oxygens (including phenoxy) is 2. The Morgan fingerprint density at radius 1 is 1.04 bits per heavy atom. The molecule has 0 aliphatic rings. The molecule has 2 amide bonds. The molecular weight excluding hydrogens is 356 g/mol. The van der Waals surface area contributed by atoms with Crippen molar-refractivity contribution in [3.8, 4) is 11.5 Å². The molecule has 28 heavy (non-hydrogen) atoms. The zero-order valence-electron chi connectivity index (χ0n) is 16.9. The number of amides is 2. The third kappa shape index (κ3) is 6.30. The van der Waals surface area contributed by atoms with Gasteiger partial charge in [-0.05, 0) is 32.0 Å². The topological polar surface area (TPSA) is 67.9 Å². The van der Waals surface area contributed by atoms with Crippen molar-refractivity contribution < 1.29 is 19.1 Å². The molecule has 0 atom stereocenters. The van der Waals surface area contributed by atoms with E-state index in [0.717, 1.165) is 11.3 Å². The van der Waals surface area contributed by atoms with Crippen LogP contribution in [-0.4, -0.2) is 36.5 Å². The maximum atomic E-state index is 12.4. The SMILES string of the molecule is COc1ccccc1CN(CCC(=O)Nc1ccccc1OC(C)C)C(C)=O. The van der Waals surface area contributed by atoms with Gasteiger partial charge in [-0.3, -0.25) is 9.59 Å². The first-order valence-electron chi connectivity index (χ1n) is 9.33. The number of carbonyl (C=O) groups is 2. The van der Waals surface area contributed by atoms with Crippen molar-refractivity contribution in [3.63, 3.8) is 0 Å². The fourth-order valence-corrected chi connectivity index (χ4v) is 2.76. The standard InChI is InChI=1S/C22H28N2O4/c1-16(2)28-21-12-8-6-10-19(21)23-22(26)13-14-24(17(3)25)15-18-9-5-7-11-20(18)27-4/h5-12,16H,13-15H2,1-4H3,(H,23,26). The molecule has 0 aromatic heterocycles. The van der Waals surface area contributed by atoms with E-state index >= 15 is 0 Å². The van der Waals surface area contributed by atoms with Crippen LogP contribution in [-0.2, 0) is 16.1 Å². The van der Waals surface area contributed by atoms with Gasteiger partial charge in [0, 0.05) is 32.0 Å². The number of methoxy groups -OCH3 is 1. The van der Waals surface area contributed by atoms with Gasteiger partial charge < -0.3 is 19.7 Å². The summed E-state index contributed by atoms with van der Waals surface area (Å²) in [6.07, 6.45) is 0.192. The number of nitrogens with zero attached hydrogens (tertiary/aromatic N) is 1. The van der Waals surface area contributed by atoms with Crippen LogP contribution in [0.25, 0.3) is 0 Å². The van der Waals surface area contributed by atoms with Crippen LogP contribution in [0.4, 0.5) is 5.69 Å². The molecular formula is C22H28N2O4. The van der Waals surface area contributed by atoms with Gasteiger partial charge in [-0.2, -0.15) is 0 Å². The van der Waals surface area contributed by atoms with Gasteiger partial charge in [0.2, 0.25) is 11.8 Å². The van der Waals surface area contributed by atoms with Crippen molar-refractivity contribution in [2.75, 3.05) is 19.0 Å². The van der Waals surface area contributed by atoms with Crippen LogP contribution in [0.1, 0.15) is 32.8 Å². The van der Waals surface area contributed by atoms with E-state index in [1.165, 1.54) is 6.92 Å². The number of para-hydroxylation sites is 3. The fourth-order valence-electron chi connectivity index (χ4n) is 2.76. The molecule has 0 aliphatic heterocycles. The fraction of sp³-hybridized carbons (Fsp3) is 0.364. The molecule has 6 heteroatoms. The normalized spacial score (nSPS) is 10.5. The first-order chi connectivity index (χ1) is 13.4. The van der Waals surface area contributed by atoms with Crippen LogP contribution in [0.3, 0.4) is 0 Å². The molecule has 2 rings (SSSR count). The Hall–Kier alpha value is -3.02. The van der Waals surface area contributed by atoms with Crippen LogP contribution >= 0.6 is 0 Å². The number of hydrogen-bond acceptors (Lipinski definition) is 4. The van der Waals surface area contributed by atoms with Crippen LogP contribution in [0, 0.1) is 0 Å². The van der Waals surface area contributed by atoms with E-state index in [1.807, 2.05) is 56.3 Å². The second kappa shape index (κ2) is 10.3. The molecule has 150 valence electrons. The summed E-state index contributed by atoms with van der Waals surface area (Å²) in [5.74, 6) is 1.08. The molecule has 0 aliphatic carbocycles. The van der Waals surface area contributed by atoms with Gasteiger partial charge >= 0.3 is 0 Å². The predicted molar refractivity (Wildman–Crippen MR) is 110 cm³/mol. The smallest absolute Gasteiger partial charge is 0.226 e. The third-order valence-corrected chi connectivity index (χ3v) is 4.13. The highest BCUT2D eigenvalue weighted by atomic mass is 16.5. The lowest BCUT2D eigenvalue weighted by Gasteiger charge is -2.22. The van der Waals surface area contributed by atoms with E-state index in [0.29, 0.717) is 24.5 Å². The Bertz CT molecular complexity index is 805. The summed E-state index contributed by atoms with van der Waals surface area (Å²) in [4.78, 5) is 26.1. The molecule has 0 bridgehead atoms. The van der Waals surface area contributed by atoms with Gasteiger partial charge in [0.05, 0.1) is 18.9 Å². The van der Waals surface area contributed by atoms with Crippen molar-refractivity contribution in [1.29, 1.82) is 0 Å². The van der Waals surface area contributed by atoms with E-state index in [4.69, 9.17) is 9.47 Å². The molecule has 2 aromatic carbocycles. The molecule has 0 unspecified atom stereocenters. The summed E-state index contributed by atoms with van der Waals surface area (Å²) in [5.41, 5.74) is 1.52. The van der Waals surface area contributed by atoms with Crippen molar-refractivity contribution in [1.82, 2.24) is 4.90 Å². The lowest BCUT2D eigenvalue weighted by Crippen LogP contribution is -2.31. The minimum Gasteiger partial charge on any atom is -0.496 e. The number of rotatable bonds is 9. The minimum atomic E-state index is -0.175. The molecule has 0 fully saturated rings. The second-order valence-electron chi connectivity index (χ2n) is 6.71. The van der Waals surface area contributed by atoms with Crippen molar-refractivity contribution >= 4 is 17.5 Å². The van der Waals surface area contributed by atoms with Crippen molar-refractivity contribution in [3.05, 3.63) is 54.1 Å². The summed E-state index contributed by atoms with van der Waals surface area (Å²) in [6.45, 7) is 6.06. The molecule has 0 radical (unpaired) electrons. The maximum absolute atomic E-state index is 12.4. The maximum Gasteiger partial charge on any atom is 0.226 e. The highest BCUT2D eigenvalue weighted by Gasteiger charge is 2.15. The molecule has 6 nitrogen and oxygen atoms in total. The quantitative estimate of drug-likeness (QED) is 0.713. The molecule has 1 N–H and O–H groups in total. The lowest BCUT2D eigenvalue weighted by atomic mass is 10.2. The van der Waals surface area contributed by atoms with Gasteiger partial charge in [0.1, 0.15) is 11.5 Å². The van der Waals surface area contributed by atoms with Crippen LogP contribution in [0.15, 0.2) is 48.5 Å². The Morgan fingerprint density at radius 3 is 2.32 bits per heavy atom. The summed E-state index contributed by atoms with van der Waals surface area (Å²) in [5, 5.41) is 2.87. The molecule has 0 heterocycles. The van der Waals surface area contributed by atoms with Crippen LogP contribution < -0.4 is 14.8 Å². The van der Waals surface area contributed by atoms with E-state index in [-0.39, 0.29) is 24.3 Å². The van der Waals surface area contributed by atoms with Gasteiger partial charge in [-0.25, -0.2) is 0 Å². The number of nitrogens with one attached hydrogen (secondary N) is 1. The molecule has 0 saturated carbocycles. The Labute approximate surface area is 166 Å². The van der Waals surface area contributed by atoms with E-state index in [2.05, 4.69) is 5.32 Å². The summed E-state index contributed by atoms with van der Waals surface area (Å²) < 4.78 is 11.1. The number of anilines is 1.